The van der Waals surface area contributed by atoms with E-state index in [1.807, 2.05) is 0 Å². The maximum Gasteiger partial charge on any atom is 0.288 e. The van der Waals surface area contributed by atoms with Crippen molar-refractivity contribution >= 4 is 29.0 Å². The molecule has 3 aliphatic carbocycles. The van der Waals surface area contributed by atoms with E-state index < -0.39 is 5.56 Å². The number of amides is 1. The van der Waals surface area contributed by atoms with E-state index in [2.05, 4.69) is 41.5 Å². The van der Waals surface area contributed by atoms with Gasteiger partial charge >= 0.3 is 0 Å². The highest BCUT2D eigenvalue weighted by atomic mass is 35.5. The zero-order chi connectivity index (χ0) is 22.3. The number of carbonyl (C=O) groups excluding carboxylic acids is 1. The minimum Gasteiger partial charge on any atom is -0.384 e. The monoisotopic (exact) mass is 444 g/mol. The second-order valence-electron chi connectivity index (χ2n) is 9.41. The maximum atomic E-state index is 12.7. The van der Waals surface area contributed by atoms with E-state index in [4.69, 9.17) is 17.3 Å². The first kappa shape index (κ1) is 21.6. The molecular weight excluding hydrogens is 416 g/mol. The number of pyridine rings is 1. The van der Waals surface area contributed by atoms with Gasteiger partial charge in [-0.15, -0.1) is 0 Å². The van der Waals surface area contributed by atoms with E-state index in [0.717, 1.165) is 16.7 Å². The van der Waals surface area contributed by atoms with Gasteiger partial charge in [0.15, 0.2) is 0 Å². The highest BCUT2D eigenvalue weighted by molar-refractivity contribution is 6.32. The summed E-state index contributed by atoms with van der Waals surface area (Å²) >= 11 is 6.35. The van der Waals surface area contributed by atoms with E-state index >= 15 is 0 Å². The lowest BCUT2D eigenvalue weighted by atomic mass is 9.45. The minimum absolute atomic E-state index is 0.0652. The van der Waals surface area contributed by atoms with Crippen LogP contribution in [-0.4, -0.2) is 26.7 Å². The molecule has 0 unspecified atom stereocenters. The van der Waals surface area contributed by atoms with Gasteiger partial charge in [0.25, 0.3) is 5.56 Å². The van der Waals surface area contributed by atoms with Gasteiger partial charge in [0, 0.05) is 18.8 Å². The van der Waals surface area contributed by atoms with Crippen LogP contribution in [0.25, 0.3) is 0 Å². The first-order valence-corrected chi connectivity index (χ1v) is 11.0. The molecule has 0 spiro atoms. The van der Waals surface area contributed by atoms with Gasteiger partial charge in [0.05, 0.1) is 11.9 Å². The quantitative estimate of drug-likeness (QED) is 0.631. The molecular formula is C22H29ClN6O2. The van der Waals surface area contributed by atoms with Gasteiger partial charge < -0.3 is 16.4 Å². The Bertz CT molecular complexity index is 1050. The first-order valence-electron chi connectivity index (χ1n) is 10.7. The normalized spacial score (nSPS) is 26.1. The Hall–Kier alpha value is -2.61. The number of carbonyl (C=O) groups is 1. The van der Waals surface area contributed by atoms with Gasteiger partial charge in [0.1, 0.15) is 17.4 Å². The van der Waals surface area contributed by atoms with Gasteiger partial charge in [0.2, 0.25) is 5.91 Å². The number of halogens is 1. The molecule has 5 rings (SSSR count). The summed E-state index contributed by atoms with van der Waals surface area (Å²) in [5.74, 6) is 1.90. The molecule has 8 nitrogen and oxygen atoms in total. The highest BCUT2D eigenvalue weighted by Gasteiger charge is 2.56. The Kier molecular flexibility index (Phi) is 5.68. The van der Waals surface area contributed by atoms with Gasteiger partial charge in [-0.2, -0.15) is 5.10 Å². The molecule has 2 heterocycles. The fourth-order valence-electron chi connectivity index (χ4n) is 5.22. The standard InChI is InChI=1S/C22H29ClN6O2/c1-12-15-7-14(22(15,2)3)8-16(12)28-17-10-27-29(21(31)20(17)23)11-19(30)26-9-13-4-5-25-18(24)6-13/h4-6,10,12,14-16,28H,7-9,11H2,1-3H3,(H2,24,25)(H,26,30)/t12-,14-,15+,16-/m1/s1. The van der Waals surface area contributed by atoms with Gasteiger partial charge in [-0.25, -0.2) is 9.67 Å². The van der Waals surface area contributed by atoms with Crippen molar-refractivity contribution in [2.75, 3.05) is 11.1 Å². The van der Waals surface area contributed by atoms with E-state index in [0.29, 0.717) is 34.7 Å². The van der Waals surface area contributed by atoms with Crippen molar-refractivity contribution in [1.29, 1.82) is 0 Å². The zero-order valence-electron chi connectivity index (χ0n) is 18.1. The summed E-state index contributed by atoms with van der Waals surface area (Å²) in [7, 11) is 0. The third-order valence-electron chi connectivity index (χ3n) is 7.31. The SMILES string of the molecule is C[C@H]1[C@H](Nc2cnn(CC(=O)NCc3ccnc(N)c3)c(=O)c2Cl)C[C@H]2C[C@@H]1C2(C)C. The number of nitrogens with zero attached hydrogens (tertiary/aromatic N) is 3. The van der Waals surface area contributed by atoms with Crippen molar-refractivity contribution in [2.24, 2.45) is 23.2 Å². The van der Waals surface area contributed by atoms with Crippen LogP contribution >= 0.6 is 11.6 Å². The van der Waals surface area contributed by atoms with Crippen LogP contribution in [0.15, 0.2) is 29.3 Å². The summed E-state index contributed by atoms with van der Waals surface area (Å²) in [6.45, 7) is 7.04. The number of nitrogens with two attached hydrogens (primary N) is 1. The molecule has 31 heavy (non-hydrogen) atoms. The van der Waals surface area contributed by atoms with E-state index in [1.165, 1.54) is 6.42 Å². The van der Waals surface area contributed by atoms with Crippen molar-refractivity contribution in [3.8, 4) is 0 Å². The van der Waals surface area contributed by atoms with Gasteiger partial charge in [-0.1, -0.05) is 32.4 Å². The molecule has 3 fully saturated rings. The Morgan fingerprint density at radius 3 is 2.84 bits per heavy atom. The summed E-state index contributed by atoms with van der Waals surface area (Å²) < 4.78 is 1.08. The number of nitrogen functional groups attached to an aromatic ring is 1. The van der Waals surface area contributed by atoms with Crippen LogP contribution in [0.4, 0.5) is 11.5 Å². The fraction of sp³-hybridized carbons (Fsp3) is 0.545. The summed E-state index contributed by atoms with van der Waals surface area (Å²) in [5.41, 5.74) is 6.90. The Morgan fingerprint density at radius 2 is 2.16 bits per heavy atom. The summed E-state index contributed by atoms with van der Waals surface area (Å²) in [6, 6.07) is 3.71. The van der Waals surface area contributed by atoms with E-state index in [-0.39, 0.29) is 30.1 Å². The lowest BCUT2D eigenvalue weighted by Crippen LogP contribution is -2.58. The number of fused-ring (bicyclic) bond motifs is 2. The molecule has 9 heteroatoms. The minimum atomic E-state index is -0.482. The van der Waals surface area contributed by atoms with Crippen LogP contribution in [-0.2, 0) is 17.9 Å². The molecule has 3 saturated carbocycles. The van der Waals surface area contributed by atoms with Crippen molar-refractivity contribution in [2.45, 2.75) is 52.7 Å². The van der Waals surface area contributed by atoms with Crippen molar-refractivity contribution < 1.29 is 4.79 Å². The molecule has 3 aliphatic rings. The molecule has 4 atom stereocenters. The third-order valence-corrected chi connectivity index (χ3v) is 7.67. The lowest BCUT2D eigenvalue weighted by Gasteiger charge is -2.62. The summed E-state index contributed by atoms with van der Waals surface area (Å²) in [5, 5.41) is 10.4. The van der Waals surface area contributed by atoms with Crippen LogP contribution in [0.5, 0.6) is 0 Å². The highest BCUT2D eigenvalue weighted by Crippen LogP contribution is 2.61. The van der Waals surface area contributed by atoms with Crippen LogP contribution in [0.2, 0.25) is 5.02 Å². The zero-order valence-corrected chi connectivity index (χ0v) is 18.8. The molecule has 4 N–H and O–H groups in total. The molecule has 166 valence electrons. The molecule has 0 radical (unpaired) electrons. The molecule has 0 aromatic carbocycles. The average molecular weight is 445 g/mol. The third kappa shape index (κ3) is 4.13. The smallest absolute Gasteiger partial charge is 0.288 e. The van der Waals surface area contributed by atoms with E-state index in [1.54, 1.807) is 24.5 Å². The van der Waals surface area contributed by atoms with E-state index in [9.17, 15) is 9.59 Å². The number of hydrogen-bond acceptors (Lipinski definition) is 6. The molecule has 2 bridgehead atoms. The number of anilines is 2. The fourth-order valence-corrected chi connectivity index (χ4v) is 5.42. The van der Waals surface area contributed by atoms with Crippen molar-refractivity contribution in [3.05, 3.63) is 45.5 Å². The number of nitrogens with one attached hydrogen (secondary N) is 2. The number of hydrogen-bond donors (Lipinski definition) is 3. The molecule has 0 aliphatic heterocycles. The average Bonchev–Trinajstić information content (AvgIpc) is 2.73. The molecule has 2 aromatic heterocycles. The van der Waals surface area contributed by atoms with Crippen LogP contribution in [0, 0.1) is 23.2 Å². The number of aromatic nitrogens is 3. The molecule has 0 saturated heterocycles. The number of rotatable bonds is 6. The Morgan fingerprint density at radius 1 is 1.39 bits per heavy atom. The summed E-state index contributed by atoms with van der Waals surface area (Å²) in [6.07, 6.45) is 5.46. The molecule has 1 amide bonds. The van der Waals surface area contributed by atoms with Gasteiger partial charge in [-0.3, -0.25) is 9.59 Å². The lowest BCUT2D eigenvalue weighted by molar-refractivity contribution is -0.122. The second-order valence-corrected chi connectivity index (χ2v) is 9.78. The van der Waals surface area contributed by atoms with Crippen LogP contribution in [0.1, 0.15) is 39.2 Å². The summed E-state index contributed by atoms with van der Waals surface area (Å²) in [4.78, 5) is 28.8. The second kappa shape index (κ2) is 8.15. The van der Waals surface area contributed by atoms with Gasteiger partial charge in [-0.05, 0) is 53.7 Å². The van der Waals surface area contributed by atoms with Crippen molar-refractivity contribution in [3.63, 3.8) is 0 Å². The van der Waals surface area contributed by atoms with Crippen LogP contribution in [0.3, 0.4) is 0 Å². The predicted octanol–water partition coefficient (Wildman–Crippen LogP) is 2.67. The van der Waals surface area contributed by atoms with Crippen molar-refractivity contribution in [1.82, 2.24) is 20.1 Å². The molecule has 2 aromatic rings. The largest absolute Gasteiger partial charge is 0.384 e. The maximum absolute atomic E-state index is 12.7. The Labute approximate surface area is 186 Å². The van der Waals surface area contributed by atoms with Crippen LogP contribution < -0.4 is 21.9 Å². The Balaban J connectivity index is 1.38. The predicted molar refractivity (Wildman–Crippen MR) is 121 cm³/mol. The first-order chi connectivity index (χ1) is 14.7. The topological polar surface area (TPSA) is 115 Å².